The maximum Gasteiger partial charge on any atom is 0.183 e. The molecule has 0 aromatic heterocycles. The summed E-state index contributed by atoms with van der Waals surface area (Å²) in [5.74, 6) is -0.147. The van der Waals surface area contributed by atoms with Gasteiger partial charge in [0.05, 0.1) is 12.7 Å². The SMILES string of the molecule is CC(C)(C)[C@@H]1CO[C@@H](O)C(O)C1O. The van der Waals surface area contributed by atoms with E-state index in [1.54, 1.807) is 0 Å². The molecule has 3 N–H and O–H groups in total. The first kappa shape index (κ1) is 10.9. The van der Waals surface area contributed by atoms with E-state index in [2.05, 4.69) is 0 Å². The van der Waals surface area contributed by atoms with E-state index in [0.717, 1.165) is 0 Å². The normalized spacial score (nSPS) is 42.0. The molecular weight excluding hydrogens is 172 g/mol. The summed E-state index contributed by atoms with van der Waals surface area (Å²) in [4.78, 5) is 0. The molecule has 2 unspecified atom stereocenters. The molecule has 1 rings (SSSR count). The summed E-state index contributed by atoms with van der Waals surface area (Å²) in [6, 6.07) is 0. The zero-order valence-corrected chi connectivity index (χ0v) is 8.27. The largest absolute Gasteiger partial charge is 0.390 e. The Balaban J connectivity index is 2.70. The van der Waals surface area contributed by atoms with Crippen LogP contribution in [0.2, 0.25) is 0 Å². The van der Waals surface area contributed by atoms with Crippen molar-refractivity contribution in [2.24, 2.45) is 11.3 Å². The lowest BCUT2D eigenvalue weighted by Gasteiger charge is -2.41. The molecule has 1 fully saturated rings. The van der Waals surface area contributed by atoms with E-state index in [1.165, 1.54) is 0 Å². The molecule has 0 radical (unpaired) electrons. The molecule has 0 aromatic carbocycles. The van der Waals surface area contributed by atoms with Crippen LogP contribution in [0.5, 0.6) is 0 Å². The van der Waals surface area contributed by atoms with Crippen LogP contribution in [-0.2, 0) is 4.74 Å². The monoisotopic (exact) mass is 190 g/mol. The third kappa shape index (κ3) is 2.20. The number of hydrogen-bond donors (Lipinski definition) is 3. The molecule has 0 bridgehead atoms. The van der Waals surface area contributed by atoms with Crippen molar-refractivity contribution < 1.29 is 20.1 Å². The Bertz CT molecular complexity index is 175. The standard InChI is InChI=1S/C9H18O4/c1-9(2,3)5-4-13-8(12)7(11)6(5)10/h5-8,10-12H,4H2,1-3H3/t5-,6?,7?,8-/m1/s1. The average molecular weight is 190 g/mol. The summed E-state index contributed by atoms with van der Waals surface area (Å²) in [5.41, 5.74) is -0.138. The molecule has 4 atom stereocenters. The minimum atomic E-state index is -1.26. The molecule has 0 saturated carbocycles. The summed E-state index contributed by atoms with van der Waals surface area (Å²) >= 11 is 0. The lowest BCUT2D eigenvalue weighted by atomic mass is 9.75. The molecule has 1 saturated heterocycles. The summed E-state index contributed by atoms with van der Waals surface area (Å²) in [5, 5.41) is 28.1. The maximum atomic E-state index is 9.65. The van der Waals surface area contributed by atoms with Gasteiger partial charge in [-0.3, -0.25) is 0 Å². The van der Waals surface area contributed by atoms with E-state index in [1.807, 2.05) is 20.8 Å². The van der Waals surface area contributed by atoms with Crippen molar-refractivity contribution in [2.75, 3.05) is 6.61 Å². The van der Waals surface area contributed by atoms with E-state index >= 15 is 0 Å². The highest BCUT2D eigenvalue weighted by molar-refractivity contribution is 4.88. The van der Waals surface area contributed by atoms with Gasteiger partial charge in [-0.25, -0.2) is 0 Å². The highest BCUT2D eigenvalue weighted by atomic mass is 16.6. The second kappa shape index (κ2) is 3.53. The Labute approximate surface area is 78.1 Å². The molecule has 0 amide bonds. The number of aliphatic hydroxyl groups is 3. The van der Waals surface area contributed by atoms with Crippen LogP contribution in [0.4, 0.5) is 0 Å². The van der Waals surface area contributed by atoms with Crippen molar-refractivity contribution >= 4 is 0 Å². The van der Waals surface area contributed by atoms with E-state index in [4.69, 9.17) is 9.84 Å². The lowest BCUT2D eigenvalue weighted by molar-refractivity contribution is -0.251. The van der Waals surface area contributed by atoms with Gasteiger partial charge in [0.15, 0.2) is 6.29 Å². The van der Waals surface area contributed by atoms with E-state index in [0.29, 0.717) is 0 Å². The second-order valence-electron chi connectivity index (χ2n) is 4.68. The number of rotatable bonds is 0. The third-order valence-corrected chi connectivity index (χ3v) is 2.61. The Morgan fingerprint density at radius 1 is 1.08 bits per heavy atom. The summed E-state index contributed by atoms with van der Waals surface area (Å²) < 4.78 is 4.95. The molecule has 4 nitrogen and oxygen atoms in total. The smallest absolute Gasteiger partial charge is 0.183 e. The van der Waals surface area contributed by atoms with Gasteiger partial charge in [-0.2, -0.15) is 0 Å². The Kier molecular flexibility index (Phi) is 2.97. The van der Waals surface area contributed by atoms with Crippen LogP contribution in [0.3, 0.4) is 0 Å². The predicted octanol–water partition coefficient (Wildman–Crippen LogP) is -0.281. The number of hydrogen-bond acceptors (Lipinski definition) is 4. The lowest BCUT2D eigenvalue weighted by Crippen LogP contribution is -2.53. The summed E-state index contributed by atoms with van der Waals surface area (Å²) in [6.45, 7) is 6.18. The van der Waals surface area contributed by atoms with E-state index < -0.39 is 18.5 Å². The quantitative estimate of drug-likeness (QED) is 0.491. The van der Waals surface area contributed by atoms with Crippen LogP contribution in [0, 0.1) is 11.3 Å². The maximum absolute atomic E-state index is 9.65. The van der Waals surface area contributed by atoms with Crippen LogP contribution in [0.1, 0.15) is 20.8 Å². The van der Waals surface area contributed by atoms with Crippen molar-refractivity contribution in [3.05, 3.63) is 0 Å². The number of ether oxygens (including phenoxy) is 1. The Morgan fingerprint density at radius 3 is 2.08 bits per heavy atom. The van der Waals surface area contributed by atoms with Gasteiger partial charge >= 0.3 is 0 Å². The first-order chi connectivity index (χ1) is 5.84. The van der Waals surface area contributed by atoms with Crippen molar-refractivity contribution in [1.29, 1.82) is 0 Å². The first-order valence-electron chi connectivity index (χ1n) is 4.50. The fraction of sp³-hybridized carbons (Fsp3) is 1.00. The fourth-order valence-corrected chi connectivity index (χ4v) is 1.57. The summed E-state index contributed by atoms with van der Waals surface area (Å²) in [6.07, 6.45) is -3.37. The van der Waals surface area contributed by atoms with Gasteiger partial charge in [0.25, 0.3) is 0 Å². The zero-order chi connectivity index (χ0) is 10.2. The Hall–Kier alpha value is -0.160. The zero-order valence-electron chi connectivity index (χ0n) is 8.27. The number of aliphatic hydroxyl groups excluding tert-OH is 3. The van der Waals surface area contributed by atoms with Crippen molar-refractivity contribution in [2.45, 2.75) is 39.3 Å². The van der Waals surface area contributed by atoms with Crippen molar-refractivity contribution in [3.63, 3.8) is 0 Å². The molecule has 4 heteroatoms. The van der Waals surface area contributed by atoms with Crippen LogP contribution in [-0.4, -0.2) is 40.4 Å². The molecule has 78 valence electrons. The minimum Gasteiger partial charge on any atom is -0.390 e. The highest BCUT2D eigenvalue weighted by Crippen LogP contribution is 2.33. The minimum absolute atomic E-state index is 0.138. The van der Waals surface area contributed by atoms with Gasteiger partial charge in [0, 0.05) is 5.92 Å². The van der Waals surface area contributed by atoms with Crippen molar-refractivity contribution in [3.8, 4) is 0 Å². The van der Waals surface area contributed by atoms with Gasteiger partial charge in [-0.1, -0.05) is 20.8 Å². The molecular formula is C9H18O4. The molecule has 0 aliphatic carbocycles. The van der Waals surface area contributed by atoms with E-state index in [9.17, 15) is 10.2 Å². The highest BCUT2D eigenvalue weighted by Gasteiger charge is 2.42. The van der Waals surface area contributed by atoms with Gasteiger partial charge < -0.3 is 20.1 Å². The van der Waals surface area contributed by atoms with Gasteiger partial charge in [0.2, 0.25) is 0 Å². The van der Waals surface area contributed by atoms with Gasteiger partial charge in [0.1, 0.15) is 6.10 Å². The first-order valence-corrected chi connectivity index (χ1v) is 4.50. The van der Waals surface area contributed by atoms with Crippen LogP contribution in [0.25, 0.3) is 0 Å². The average Bonchev–Trinajstić information content (AvgIpc) is 1.98. The third-order valence-electron chi connectivity index (χ3n) is 2.61. The molecule has 1 aliphatic rings. The summed E-state index contributed by atoms with van der Waals surface area (Å²) in [7, 11) is 0. The predicted molar refractivity (Wildman–Crippen MR) is 46.9 cm³/mol. The van der Waals surface area contributed by atoms with Gasteiger partial charge in [-0.05, 0) is 5.41 Å². The molecule has 13 heavy (non-hydrogen) atoms. The van der Waals surface area contributed by atoms with Crippen molar-refractivity contribution in [1.82, 2.24) is 0 Å². The fourth-order valence-electron chi connectivity index (χ4n) is 1.57. The second-order valence-corrected chi connectivity index (χ2v) is 4.68. The van der Waals surface area contributed by atoms with Crippen LogP contribution < -0.4 is 0 Å². The molecule has 1 aliphatic heterocycles. The van der Waals surface area contributed by atoms with Crippen LogP contribution in [0.15, 0.2) is 0 Å². The Morgan fingerprint density at radius 2 is 1.62 bits per heavy atom. The molecule has 0 aromatic rings. The van der Waals surface area contributed by atoms with Crippen LogP contribution >= 0.6 is 0 Å². The topological polar surface area (TPSA) is 69.9 Å². The van der Waals surface area contributed by atoms with Gasteiger partial charge in [-0.15, -0.1) is 0 Å². The van der Waals surface area contributed by atoms with E-state index in [-0.39, 0.29) is 17.9 Å². The molecule has 0 spiro atoms. The molecule has 1 heterocycles.